The topological polar surface area (TPSA) is 27.8 Å². The van der Waals surface area contributed by atoms with Crippen molar-refractivity contribution in [1.29, 1.82) is 0 Å². The lowest BCUT2D eigenvalue weighted by Gasteiger charge is -2.30. The monoisotopic (exact) mass is 234 g/mol. The molecule has 2 N–H and O–H groups in total. The van der Waals surface area contributed by atoms with Gasteiger partial charge in [0.15, 0.2) is 0 Å². The number of hydrogen-bond acceptors (Lipinski definition) is 1. The van der Waals surface area contributed by atoms with Crippen LogP contribution in [0.5, 0.6) is 0 Å². The second kappa shape index (κ2) is 3.25. The van der Waals surface area contributed by atoms with E-state index >= 15 is 0 Å². The minimum Gasteiger partial charge on any atom is -0.356 e. The summed E-state index contributed by atoms with van der Waals surface area (Å²) in [6, 6.07) is 6.09. The summed E-state index contributed by atoms with van der Waals surface area (Å²) in [4.78, 5) is 3.50. The Morgan fingerprint density at radius 3 is 2.94 bits per heavy atom. The quantitative estimate of drug-likeness (QED) is 0.720. The van der Waals surface area contributed by atoms with Gasteiger partial charge >= 0.3 is 0 Å². The molecule has 0 fully saturated rings. The van der Waals surface area contributed by atoms with Crippen molar-refractivity contribution >= 4 is 22.5 Å². The highest BCUT2D eigenvalue weighted by Crippen LogP contribution is 2.36. The molecular formula is C13H15ClN2. The van der Waals surface area contributed by atoms with Crippen LogP contribution in [0.3, 0.4) is 0 Å². The number of fused-ring (bicyclic) bond motifs is 3. The molecule has 2 nitrogen and oxygen atoms in total. The molecule has 0 bridgehead atoms. The highest BCUT2D eigenvalue weighted by molar-refractivity contribution is 6.35. The van der Waals surface area contributed by atoms with Crippen LogP contribution >= 0.6 is 11.6 Å². The van der Waals surface area contributed by atoms with Crippen LogP contribution in [0.2, 0.25) is 5.02 Å². The highest BCUT2D eigenvalue weighted by atomic mass is 35.5. The molecule has 0 unspecified atom stereocenters. The Kier molecular flexibility index (Phi) is 2.07. The van der Waals surface area contributed by atoms with Gasteiger partial charge < -0.3 is 10.3 Å². The Morgan fingerprint density at radius 1 is 1.31 bits per heavy atom. The number of para-hydroxylation sites is 1. The lowest BCUT2D eigenvalue weighted by Crippen LogP contribution is -2.38. The summed E-state index contributed by atoms with van der Waals surface area (Å²) in [6.07, 6.45) is 0. The zero-order valence-corrected chi connectivity index (χ0v) is 10.3. The first kappa shape index (κ1) is 10.2. The van der Waals surface area contributed by atoms with Crippen LogP contribution < -0.4 is 5.32 Å². The van der Waals surface area contributed by atoms with Gasteiger partial charge in [-0.2, -0.15) is 0 Å². The molecule has 0 saturated carbocycles. The number of nitrogens with one attached hydrogen (secondary N) is 2. The lowest BCUT2D eigenvalue weighted by molar-refractivity contribution is 0.427. The third kappa shape index (κ3) is 1.30. The molecule has 0 saturated heterocycles. The summed E-state index contributed by atoms with van der Waals surface area (Å²) in [7, 11) is 0. The Morgan fingerprint density at radius 2 is 2.12 bits per heavy atom. The smallest absolute Gasteiger partial charge is 0.0648 e. The van der Waals surface area contributed by atoms with Gasteiger partial charge in [-0.1, -0.05) is 37.6 Å². The van der Waals surface area contributed by atoms with Crippen LogP contribution in [-0.4, -0.2) is 11.5 Å². The second-order valence-corrected chi connectivity index (χ2v) is 5.54. The van der Waals surface area contributed by atoms with E-state index in [1.54, 1.807) is 0 Å². The summed E-state index contributed by atoms with van der Waals surface area (Å²) < 4.78 is 0. The molecule has 0 spiro atoms. The van der Waals surface area contributed by atoms with Gasteiger partial charge in [-0.05, 0) is 11.6 Å². The number of hydrogen-bond donors (Lipinski definition) is 2. The van der Waals surface area contributed by atoms with E-state index in [9.17, 15) is 0 Å². The molecule has 1 aliphatic heterocycles. The van der Waals surface area contributed by atoms with Crippen molar-refractivity contribution in [2.45, 2.75) is 25.8 Å². The number of aromatic amines is 1. The van der Waals surface area contributed by atoms with Gasteiger partial charge in [0.2, 0.25) is 0 Å². The molecule has 0 aliphatic carbocycles. The number of benzene rings is 1. The van der Waals surface area contributed by atoms with Gasteiger partial charge in [0, 0.05) is 29.6 Å². The van der Waals surface area contributed by atoms with E-state index in [4.69, 9.17) is 11.6 Å². The number of halogens is 1. The maximum absolute atomic E-state index is 6.22. The van der Waals surface area contributed by atoms with Crippen molar-refractivity contribution < 1.29 is 0 Å². The summed E-state index contributed by atoms with van der Waals surface area (Å²) in [5.74, 6) is 0. The normalized spacial score (nSPS) is 18.7. The largest absolute Gasteiger partial charge is 0.356 e. The van der Waals surface area contributed by atoms with E-state index in [0.29, 0.717) is 0 Å². The average Bonchev–Trinajstić information content (AvgIpc) is 2.60. The molecule has 3 rings (SSSR count). The minimum absolute atomic E-state index is 0.149. The summed E-state index contributed by atoms with van der Waals surface area (Å²) >= 11 is 6.22. The lowest BCUT2D eigenvalue weighted by atomic mass is 9.84. The second-order valence-electron chi connectivity index (χ2n) is 5.13. The molecule has 84 valence electrons. The van der Waals surface area contributed by atoms with E-state index in [0.717, 1.165) is 23.6 Å². The van der Waals surface area contributed by atoms with Crippen LogP contribution in [0.15, 0.2) is 18.2 Å². The Hall–Kier alpha value is -0.990. The predicted molar refractivity (Wildman–Crippen MR) is 68.0 cm³/mol. The maximum Gasteiger partial charge on any atom is 0.0648 e. The molecule has 2 heterocycles. The molecule has 1 aliphatic rings. The van der Waals surface area contributed by atoms with E-state index in [2.05, 4.69) is 30.2 Å². The van der Waals surface area contributed by atoms with Gasteiger partial charge in [-0.25, -0.2) is 0 Å². The Labute approximate surface area is 100.0 Å². The number of rotatable bonds is 0. The van der Waals surface area contributed by atoms with Crippen molar-refractivity contribution in [3.63, 3.8) is 0 Å². The summed E-state index contributed by atoms with van der Waals surface area (Å²) in [5.41, 5.74) is 3.92. The molecule has 3 heteroatoms. The van der Waals surface area contributed by atoms with Crippen LogP contribution in [0, 0.1) is 0 Å². The van der Waals surface area contributed by atoms with Gasteiger partial charge in [0.1, 0.15) is 0 Å². The van der Waals surface area contributed by atoms with Crippen LogP contribution in [0.25, 0.3) is 10.9 Å². The van der Waals surface area contributed by atoms with Crippen molar-refractivity contribution in [2.24, 2.45) is 0 Å². The maximum atomic E-state index is 6.22. The molecule has 0 amide bonds. The van der Waals surface area contributed by atoms with Gasteiger partial charge in [0.05, 0.1) is 10.5 Å². The van der Waals surface area contributed by atoms with Gasteiger partial charge in [-0.3, -0.25) is 0 Å². The van der Waals surface area contributed by atoms with Crippen LogP contribution in [-0.2, 0) is 12.0 Å². The first-order chi connectivity index (χ1) is 7.59. The molecule has 1 aromatic heterocycles. The Balaban J connectivity index is 2.37. The van der Waals surface area contributed by atoms with E-state index in [1.165, 1.54) is 16.6 Å². The van der Waals surface area contributed by atoms with Crippen molar-refractivity contribution in [3.8, 4) is 0 Å². The standard InChI is InChI=1S/C13H15ClN2/c1-13(2)7-15-6-9-8-4-3-5-10(14)11(8)16-12(9)13/h3-5,15-16H,6-7H2,1-2H3. The van der Waals surface area contributed by atoms with Gasteiger partial charge in [0.25, 0.3) is 0 Å². The predicted octanol–water partition coefficient (Wildman–Crippen LogP) is 3.20. The fourth-order valence-electron chi connectivity index (χ4n) is 2.59. The molecule has 2 aromatic rings. The Bertz CT molecular complexity index is 554. The fourth-order valence-corrected chi connectivity index (χ4v) is 2.81. The summed E-state index contributed by atoms with van der Waals surface area (Å²) in [5, 5.41) is 5.53. The van der Waals surface area contributed by atoms with E-state index in [-0.39, 0.29) is 5.41 Å². The fraction of sp³-hybridized carbons (Fsp3) is 0.385. The molecule has 1 aromatic carbocycles. The van der Waals surface area contributed by atoms with Crippen LogP contribution in [0.4, 0.5) is 0 Å². The zero-order chi connectivity index (χ0) is 11.3. The molecule has 0 atom stereocenters. The number of aromatic nitrogens is 1. The third-order valence-electron chi connectivity index (χ3n) is 3.44. The van der Waals surface area contributed by atoms with Gasteiger partial charge in [-0.15, -0.1) is 0 Å². The van der Waals surface area contributed by atoms with Crippen molar-refractivity contribution in [1.82, 2.24) is 10.3 Å². The van der Waals surface area contributed by atoms with Crippen LogP contribution in [0.1, 0.15) is 25.1 Å². The first-order valence-electron chi connectivity index (χ1n) is 5.60. The first-order valence-corrected chi connectivity index (χ1v) is 5.98. The SMILES string of the molecule is CC1(C)CNCc2c1[nH]c1c(Cl)cccc21. The molecule has 0 radical (unpaired) electrons. The van der Waals surface area contributed by atoms with E-state index < -0.39 is 0 Å². The molecule has 16 heavy (non-hydrogen) atoms. The average molecular weight is 235 g/mol. The zero-order valence-electron chi connectivity index (χ0n) is 9.52. The summed E-state index contributed by atoms with van der Waals surface area (Å²) in [6.45, 7) is 6.44. The highest BCUT2D eigenvalue weighted by Gasteiger charge is 2.30. The minimum atomic E-state index is 0.149. The number of H-pyrrole nitrogens is 1. The van der Waals surface area contributed by atoms with Crippen molar-refractivity contribution in [3.05, 3.63) is 34.5 Å². The van der Waals surface area contributed by atoms with E-state index in [1.807, 2.05) is 12.1 Å². The van der Waals surface area contributed by atoms with Crippen molar-refractivity contribution in [2.75, 3.05) is 6.54 Å². The third-order valence-corrected chi connectivity index (χ3v) is 3.75. The molecular weight excluding hydrogens is 220 g/mol.